The highest BCUT2D eigenvalue weighted by Gasteiger charge is 2.05. The van der Waals surface area contributed by atoms with Crippen LogP contribution in [0.15, 0.2) is 23.6 Å². The first kappa shape index (κ1) is 10.9. The van der Waals surface area contributed by atoms with E-state index in [1.807, 2.05) is 17.5 Å². The lowest BCUT2D eigenvalue weighted by Gasteiger charge is -1.99. The van der Waals surface area contributed by atoms with E-state index in [2.05, 4.69) is 4.98 Å². The predicted molar refractivity (Wildman–Crippen MR) is 65.5 cm³/mol. The molecule has 78 valence electrons. The third kappa shape index (κ3) is 2.49. The van der Waals surface area contributed by atoms with E-state index in [9.17, 15) is 0 Å². The van der Waals surface area contributed by atoms with E-state index in [1.54, 1.807) is 6.07 Å². The number of halogens is 2. The zero-order valence-electron chi connectivity index (χ0n) is 7.71. The maximum Gasteiger partial charge on any atom is 0.107 e. The fraction of sp³-hybridized carbons (Fsp3) is 0.100. The van der Waals surface area contributed by atoms with Crippen molar-refractivity contribution in [2.75, 3.05) is 0 Å². The molecule has 5 heteroatoms. The van der Waals surface area contributed by atoms with Crippen LogP contribution in [0.25, 0.3) is 11.3 Å². The molecule has 0 bridgehead atoms. The highest BCUT2D eigenvalue weighted by molar-refractivity contribution is 7.09. The Kier molecular flexibility index (Phi) is 3.26. The summed E-state index contributed by atoms with van der Waals surface area (Å²) in [7, 11) is 0. The summed E-state index contributed by atoms with van der Waals surface area (Å²) in [6.45, 7) is 0.457. The average molecular weight is 259 g/mol. The first-order valence-corrected chi connectivity index (χ1v) is 5.93. The third-order valence-corrected chi connectivity index (χ3v) is 3.19. The van der Waals surface area contributed by atoms with Gasteiger partial charge in [-0.2, -0.15) is 0 Å². The van der Waals surface area contributed by atoms with E-state index in [0.29, 0.717) is 16.6 Å². The number of aromatic nitrogens is 1. The second-order valence-corrected chi connectivity index (χ2v) is 4.80. The van der Waals surface area contributed by atoms with Crippen LogP contribution in [0.5, 0.6) is 0 Å². The van der Waals surface area contributed by atoms with Crippen LogP contribution >= 0.6 is 34.5 Å². The Bertz CT molecular complexity index is 462. The Morgan fingerprint density at radius 1 is 1.20 bits per heavy atom. The van der Waals surface area contributed by atoms with Crippen LogP contribution in [0.1, 0.15) is 5.01 Å². The van der Waals surface area contributed by atoms with Crippen molar-refractivity contribution < 1.29 is 0 Å². The van der Waals surface area contributed by atoms with Crippen LogP contribution in [0.3, 0.4) is 0 Å². The van der Waals surface area contributed by atoms with Gasteiger partial charge in [0.05, 0.1) is 5.69 Å². The number of nitrogens with two attached hydrogens (primary N) is 1. The van der Waals surface area contributed by atoms with Gasteiger partial charge in [-0.1, -0.05) is 23.2 Å². The van der Waals surface area contributed by atoms with Crippen LogP contribution in [-0.4, -0.2) is 4.98 Å². The number of hydrogen-bond donors (Lipinski definition) is 1. The number of rotatable bonds is 2. The van der Waals surface area contributed by atoms with Gasteiger partial charge in [0.25, 0.3) is 0 Å². The topological polar surface area (TPSA) is 38.9 Å². The minimum atomic E-state index is 0.457. The second-order valence-electron chi connectivity index (χ2n) is 2.99. The molecule has 1 aromatic heterocycles. The summed E-state index contributed by atoms with van der Waals surface area (Å²) in [6, 6.07) is 5.37. The highest BCUT2D eigenvalue weighted by atomic mass is 35.5. The van der Waals surface area contributed by atoms with Gasteiger partial charge in [-0.15, -0.1) is 11.3 Å². The first-order chi connectivity index (χ1) is 7.19. The Hall–Kier alpha value is -0.610. The quantitative estimate of drug-likeness (QED) is 0.895. The van der Waals surface area contributed by atoms with Crippen LogP contribution in [0, 0.1) is 0 Å². The molecular formula is C10H8Cl2N2S. The first-order valence-electron chi connectivity index (χ1n) is 4.30. The summed E-state index contributed by atoms with van der Waals surface area (Å²) in [5.74, 6) is 0. The summed E-state index contributed by atoms with van der Waals surface area (Å²) >= 11 is 13.3. The van der Waals surface area contributed by atoms with Crippen molar-refractivity contribution in [2.45, 2.75) is 6.54 Å². The van der Waals surface area contributed by atoms with Gasteiger partial charge in [0.2, 0.25) is 0 Å². The van der Waals surface area contributed by atoms with E-state index in [1.165, 1.54) is 11.3 Å². The molecule has 0 atom stereocenters. The molecule has 1 heterocycles. The molecule has 2 rings (SSSR count). The minimum Gasteiger partial charge on any atom is -0.325 e. The lowest BCUT2D eigenvalue weighted by molar-refractivity contribution is 1.04. The molecule has 0 aliphatic carbocycles. The van der Waals surface area contributed by atoms with Crippen molar-refractivity contribution in [3.63, 3.8) is 0 Å². The monoisotopic (exact) mass is 258 g/mol. The Labute approximate surface area is 102 Å². The summed E-state index contributed by atoms with van der Waals surface area (Å²) < 4.78 is 0. The summed E-state index contributed by atoms with van der Waals surface area (Å²) in [5.41, 5.74) is 7.28. The van der Waals surface area contributed by atoms with Gasteiger partial charge in [-0.05, 0) is 18.2 Å². The smallest absolute Gasteiger partial charge is 0.107 e. The Morgan fingerprint density at radius 2 is 1.87 bits per heavy atom. The van der Waals surface area contributed by atoms with Gasteiger partial charge < -0.3 is 5.73 Å². The molecule has 2 nitrogen and oxygen atoms in total. The molecule has 2 N–H and O–H groups in total. The van der Waals surface area contributed by atoms with Gasteiger partial charge >= 0.3 is 0 Å². The zero-order chi connectivity index (χ0) is 10.8. The van der Waals surface area contributed by atoms with E-state index in [0.717, 1.165) is 16.3 Å². The fourth-order valence-electron chi connectivity index (χ4n) is 1.24. The molecule has 0 amide bonds. The summed E-state index contributed by atoms with van der Waals surface area (Å²) in [6.07, 6.45) is 0. The largest absolute Gasteiger partial charge is 0.325 e. The number of benzene rings is 1. The highest BCUT2D eigenvalue weighted by Crippen LogP contribution is 2.27. The zero-order valence-corrected chi connectivity index (χ0v) is 10.0. The van der Waals surface area contributed by atoms with E-state index >= 15 is 0 Å². The fourth-order valence-corrected chi connectivity index (χ4v) is 2.45. The molecule has 0 unspecified atom stereocenters. The van der Waals surface area contributed by atoms with Gasteiger partial charge in [0, 0.05) is 27.5 Å². The van der Waals surface area contributed by atoms with Crippen molar-refractivity contribution in [3.05, 3.63) is 38.6 Å². The molecule has 0 saturated heterocycles. The lowest BCUT2D eigenvalue weighted by atomic mass is 10.2. The molecule has 0 aliphatic heterocycles. The molecule has 0 fully saturated rings. The maximum absolute atomic E-state index is 5.91. The van der Waals surface area contributed by atoms with Gasteiger partial charge in [0.15, 0.2) is 0 Å². The van der Waals surface area contributed by atoms with Crippen molar-refractivity contribution >= 4 is 34.5 Å². The Balaban J connectivity index is 2.44. The third-order valence-electron chi connectivity index (χ3n) is 1.88. The van der Waals surface area contributed by atoms with Crippen molar-refractivity contribution in [2.24, 2.45) is 5.73 Å². The summed E-state index contributed by atoms with van der Waals surface area (Å²) in [4.78, 5) is 4.36. The maximum atomic E-state index is 5.91. The van der Waals surface area contributed by atoms with Crippen molar-refractivity contribution in [1.29, 1.82) is 0 Å². The molecule has 0 radical (unpaired) electrons. The Morgan fingerprint density at radius 3 is 2.40 bits per heavy atom. The molecular weight excluding hydrogens is 251 g/mol. The normalized spacial score (nSPS) is 10.6. The van der Waals surface area contributed by atoms with Gasteiger partial charge in [0.1, 0.15) is 5.01 Å². The van der Waals surface area contributed by atoms with Crippen LogP contribution < -0.4 is 5.73 Å². The molecule has 0 saturated carbocycles. The van der Waals surface area contributed by atoms with Crippen LogP contribution in [-0.2, 0) is 6.54 Å². The average Bonchev–Trinajstić information content (AvgIpc) is 2.64. The molecule has 2 aromatic rings. The van der Waals surface area contributed by atoms with E-state index in [-0.39, 0.29) is 0 Å². The molecule has 0 spiro atoms. The number of hydrogen-bond acceptors (Lipinski definition) is 3. The van der Waals surface area contributed by atoms with E-state index in [4.69, 9.17) is 28.9 Å². The molecule has 15 heavy (non-hydrogen) atoms. The van der Waals surface area contributed by atoms with Gasteiger partial charge in [-0.25, -0.2) is 4.98 Å². The van der Waals surface area contributed by atoms with Crippen molar-refractivity contribution in [3.8, 4) is 11.3 Å². The lowest BCUT2D eigenvalue weighted by Crippen LogP contribution is -1.94. The SMILES string of the molecule is NCc1nc(-c2cc(Cl)cc(Cl)c2)cs1. The van der Waals surface area contributed by atoms with Gasteiger partial charge in [-0.3, -0.25) is 0 Å². The van der Waals surface area contributed by atoms with Crippen LogP contribution in [0.2, 0.25) is 10.0 Å². The number of nitrogens with zero attached hydrogens (tertiary/aromatic N) is 1. The van der Waals surface area contributed by atoms with Crippen LogP contribution in [0.4, 0.5) is 0 Å². The van der Waals surface area contributed by atoms with E-state index < -0.39 is 0 Å². The second kappa shape index (κ2) is 4.49. The molecule has 1 aromatic carbocycles. The summed E-state index contributed by atoms with van der Waals surface area (Å²) in [5, 5.41) is 4.07. The predicted octanol–water partition coefficient (Wildman–Crippen LogP) is 3.58. The minimum absolute atomic E-state index is 0.457. The van der Waals surface area contributed by atoms with Crippen molar-refractivity contribution in [1.82, 2.24) is 4.98 Å². The standard InChI is InChI=1S/C10H8Cl2N2S/c11-7-1-6(2-8(12)3-7)9-5-15-10(4-13)14-9/h1-3,5H,4,13H2. The number of thiazole rings is 1. The molecule has 0 aliphatic rings.